The fraction of sp³-hybridized carbons (Fsp3) is 0.375. The predicted octanol–water partition coefficient (Wildman–Crippen LogP) is 1.53. The minimum Gasteiger partial charge on any atom is -0.357 e. The molecule has 0 unspecified atom stereocenters. The molecule has 1 aromatic carbocycles. The van der Waals surface area contributed by atoms with Crippen LogP contribution < -0.4 is 10.6 Å². The van der Waals surface area contributed by atoms with Crippen LogP contribution in [0.1, 0.15) is 12.7 Å². The summed E-state index contributed by atoms with van der Waals surface area (Å²) in [5.74, 6) is 4.30. The first-order chi connectivity index (χ1) is 10.3. The van der Waals surface area contributed by atoms with Gasteiger partial charge >= 0.3 is 0 Å². The number of fused-ring (bicyclic) bond motifs is 1. The van der Waals surface area contributed by atoms with E-state index in [9.17, 15) is 0 Å². The molecule has 21 heavy (non-hydrogen) atoms. The van der Waals surface area contributed by atoms with Crippen LogP contribution in [0.25, 0.3) is 11.0 Å². The molecule has 5 nitrogen and oxygen atoms in total. The van der Waals surface area contributed by atoms with Gasteiger partial charge in [-0.25, -0.2) is 4.98 Å². The molecule has 2 rings (SSSR count). The number of aromatic nitrogens is 2. The van der Waals surface area contributed by atoms with Crippen molar-refractivity contribution in [2.75, 3.05) is 19.6 Å². The Kier molecular flexibility index (Phi) is 5.22. The van der Waals surface area contributed by atoms with Crippen LogP contribution in [0.5, 0.6) is 0 Å². The van der Waals surface area contributed by atoms with E-state index in [1.807, 2.05) is 32.0 Å². The highest BCUT2D eigenvalue weighted by atomic mass is 15.2. The maximum Gasteiger partial charge on any atom is 0.192 e. The van der Waals surface area contributed by atoms with E-state index in [0.29, 0.717) is 13.1 Å². The number of nitrogens with zero attached hydrogens (tertiary/aromatic N) is 3. The van der Waals surface area contributed by atoms with Gasteiger partial charge in [-0.15, -0.1) is 6.42 Å². The molecule has 0 saturated carbocycles. The number of nitrogens with one attached hydrogen (secondary N) is 2. The lowest BCUT2D eigenvalue weighted by Crippen LogP contribution is -2.37. The lowest BCUT2D eigenvalue weighted by molar-refractivity contribution is 0.698. The van der Waals surface area contributed by atoms with Gasteiger partial charge in [0.1, 0.15) is 5.82 Å². The number of aryl methyl sites for hydroxylation is 1. The second-order valence-corrected chi connectivity index (χ2v) is 4.62. The molecule has 0 fully saturated rings. The number of aliphatic imine (C=N–C) groups is 1. The number of rotatable bonds is 5. The second kappa shape index (κ2) is 7.34. The Balaban J connectivity index is 2.06. The zero-order valence-corrected chi connectivity index (χ0v) is 12.6. The number of imidazole rings is 1. The topological polar surface area (TPSA) is 54.2 Å². The SMILES string of the molecule is C#CCNC(=NCCn1c(C)nc2ccccc21)NCC. The van der Waals surface area contributed by atoms with Crippen molar-refractivity contribution in [3.05, 3.63) is 30.1 Å². The van der Waals surface area contributed by atoms with Crippen LogP contribution in [0.3, 0.4) is 0 Å². The molecule has 0 amide bonds. The zero-order chi connectivity index (χ0) is 15.1. The Morgan fingerprint density at radius 1 is 1.38 bits per heavy atom. The van der Waals surface area contributed by atoms with E-state index in [4.69, 9.17) is 6.42 Å². The number of hydrogen-bond acceptors (Lipinski definition) is 2. The van der Waals surface area contributed by atoms with Gasteiger partial charge in [-0.3, -0.25) is 4.99 Å². The Bertz CT molecular complexity index is 663. The molecule has 2 aromatic rings. The van der Waals surface area contributed by atoms with E-state index in [-0.39, 0.29) is 0 Å². The Morgan fingerprint density at radius 3 is 2.95 bits per heavy atom. The van der Waals surface area contributed by atoms with E-state index in [0.717, 1.165) is 35.9 Å². The fourth-order valence-electron chi connectivity index (χ4n) is 2.22. The van der Waals surface area contributed by atoms with Gasteiger partial charge in [0, 0.05) is 13.1 Å². The van der Waals surface area contributed by atoms with Gasteiger partial charge in [0.2, 0.25) is 0 Å². The van der Waals surface area contributed by atoms with Gasteiger partial charge < -0.3 is 15.2 Å². The molecule has 0 atom stereocenters. The Labute approximate surface area is 125 Å². The van der Waals surface area contributed by atoms with Gasteiger partial charge in [0.05, 0.1) is 24.1 Å². The molecule has 5 heteroatoms. The van der Waals surface area contributed by atoms with Crippen molar-refractivity contribution >= 4 is 17.0 Å². The van der Waals surface area contributed by atoms with Crippen molar-refractivity contribution in [3.63, 3.8) is 0 Å². The molecule has 0 aliphatic heterocycles. The first kappa shape index (κ1) is 14.9. The van der Waals surface area contributed by atoms with E-state index in [2.05, 4.69) is 37.2 Å². The summed E-state index contributed by atoms with van der Waals surface area (Å²) >= 11 is 0. The summed E-state index contributed by atoms with van der Waals surface area (Å²) in [6.07, 6.45) is 5.25. The summed E-state index contributed by atoms with van der Waals surface area (Å²) in [7, 11) is 0. The molecule has 1 heterocycles. The third-order valence-electron chi connectivity index (χ3n) is 3.14. The average Bonchev–Trinajstić information content (AvgIpc) is 2.81. The first-order valence-corrected chi connectivity index (χ1v) is 7.13. The summed E-state index contributed by atoms with van der Waals surface area (Å²) in [4.78, 5) is 9.08. The summed E-state index contributed by atoms with van der Waals surface area (Å²) in [6, 6.07) is 8.15. The molecule has 1 aromatic heterocycles. The van der Waals surface area contributed by atoms with Crippen molar-refractivity contribution in [2.24, 2.45) is 4.99 Å². The highest BCUT2D eigenvalue weighted by molar-refractivity contribution is 5.80. The lowest BCUT2D eigenvalue weighted by Gasteiger charge is -2.09. The Morgan fingerprint density at radius 2 is 2.19 bits per heavy atom. The minimum absolute atomic E-state index is 0.471. The third-order valence-corrected chi connectivity index (χ3v) is 3.14. The third kappa shape index (κ3) is 3.76. The highest BCUT2D eigenvalue weighted by Crippen LogP contribution is 2.14. The van der Waals surface area contributed by atoms with Crippen LogP contribution in [0, 0.1) is 19.3 Å². The average molecular weight is 283 g/mol. The van der Waals surface area contributed by atoms with Crippen molar-refractivity contribution in [1.82, 2.24) is 20.2 Å². The molecule has 0 spiro atoms. The van der Waals surface area contributed by atoms with Gasteiger partial charge in [0.25, 0.3) is 0 Å². The van der Waals surface area contributed by atoms with Crippen molar-refractivity contribution in [1.29, 1.82) is 0 Å². The number of terminal acetylenes is 1. The van der Waals surface area contributed by atoms with E-state index < -0.39 is 0 Å². The summed E-state index contributed by atoms with van der Waals surface area (Å²) in [5.41, 5.74) is 2.17. The van der Waals surface area contributed by atoms with Crippen LogP contribution in [-0.4, -0.2) is 35.1 Å². The summed E-state index contributed by atoms with van der Waals surface area (Å²) in [6.45, 7) is 6.79. The number of hydrogen-bond donors (Lipinski definition) is 2. The maximum absolute atomic E-state index is 5.25. The normalized spacial score (nSPS) is 11.4. The van der Waals surface area contributed by atoms with Crippen LogP contribution in [-0.2, 0) is 6.54 Å². The predicted molar refractivity (Wildman–Crippen MR) is 87.3 cm³/mol. The van der Waals surface area contributed by atoms with Crippen molar-refractivity contribution in [2.45, 2.75) is 20.4 Å². The zero-order valence-electron chi connectivity index (χ0n) is 12.6. The molecular weight excluding hydrogens is 262 g/mol. The lowest BCUT2D eigenvalue weighted by atomic mass is 10.3. The van der Waals surface area contributed by atoms with Gasteiger partial charge in [-0.1, -0.05) is 18.1 Å². The smallest absolute Gasteiger partial charge is 0.192 e. The molecule has 110 valence electrons. The molecule has 0 radical (unpaired) electrons. The van der Waals surface area contributed by atoms with Gasteiger partial charge in [-0.05, 0) is 26.0 Å². The van der Waals surface area contributed by atoms with Crippen molar-refractivity contribution in [3.8, 4) is 12.3 Å². The van der Waals surface area contributed by atoms with Gasteiger partial charge in [0.15, 0.2) is 5.96 Å². The molecule has 0 bridgehead atoms. The summed E-state index contributed by atoms with van der Waals surface area (Å²) < 4.78 is 2.18. The molecule has 0 aliphatic rings. The number of para-hydroxylation sites is 2. The molecule has 0 aliphatic carbocycles. The van der Waals surface area contributed by atoms with Gasteiger partial charge in [-0.2, -0.15) is 0 Å². The summed E-state index contributed by atoms with van der Waals surface area (Å²) in [5, 5.41) is 6.25. The maximum atomic E-state index is 5.25. The van der Waals surface area contributed by atoms with Crippen molar-refractivity contribution < 1.29 is 0 Å². The fourth-order valence-corrected chi connectivity index (χ4v) is 2.22. The number of benzene rings is 1. The van der Waals surface area contributed by atoms with E-state index in [1.165, 1.54) is 0 Å². The minimum atomic E-state index is 0.471. The van der Waals surface area contributed by atoms with Crippen LogP contribution >= 0.6 is 0 Å². The molecule has 2 N–H and O–H groups in total. The van der Waals surface area contributed by atoms with E-state index in [1.54, 1.807) is 0 Å². The first-order valence-electron chi connectivity index (χ1n) is 7.13. The van der Waals surface area contributed by atoms with Crippen LogP contribution in [0.2, 0.25) is 0 Å². The largest absolute Gasteiger partial charge is 0.357 e. The quantitative estimate of drug-likeness (QED) is 0.497. The number of guanidine groups is 1. The Hall–Kier alpha value is -2.48. The molecule has 0 saturated heterocycles. The standard InChI is InChI=1S/C16H21N5/c1-4-10-18-16(17-5-2)19-11-12-21-13(3)20-14-8-6-7-9-15(14)21/h1,6-9H,5,10-12H2,2-3H3,(H2,17,18,19). The molecular formula is C16H21N5. The second-order valence-electron chi connectivity index (χ2n) is 4.62. The highest BCUT2D eigenvalue weighted by Gasteiger charge is 2.05. The monoisotopic (exact) mass is 283 g/mol. The van der Waals surface area contributed by atoms with Crippen LogP contribution in [0.15, 0.2) is 29.3 Å². The van der Waals surface area contributed by atoms with Crippen LogP contribution in [0.4, 0.5) is 0 Å². The van der Waals surface area contributed by atoms with E-state index >= 15 is 0 Å².